The van der Waals surface area contributed by atoms with Crippen LogP contribution in [0.5, 0.6) is 5.75 Å². The Labute approximate surface area is 132 Å². The van der Waals surface area contributed by atoms with E-state index in [1.54, 1.807) is 7.11 Å². The Morgan fingerprint density at radius 1 is 1.60 bits per heavy atom. The van der Waals surface area contributed by atoms with Crippen molar-refractivity contribution in [2.75, 3.05) is 25.2 Å². The number of hydrogen-bond acceptors (Lipinski definition) is 4. The third-order valence-corrected chi connectivity index (χ3v) is 4.89. The molecule has 1 aliphatic rings. The van der Waals surface area contributed by atoms with Crippen molar-refractivity contribution in [3.8, 4) is 5.75 Å². The predicted molar refractivity (Wildman–Crippen MR) is 86.3 cm³/mol. The molecule has 1 amide bonds. The average molecular weight is 359 g/mol. The number of methoxy groups -OCH3 is 1. The molecule has 2 N–H and O–H groups in total. The molecule has 0 spiro atoms. The Morgan fingerprint density at radius 3 is 3.10 bits per heavy atom. The molecule has 110 valence electrons. The average Bonchev–Trinajstić information content (AvgIpc) is 2.46. The Balaban J connectivity index is 1.79. The largest absolute Gasteiger partial charge is 0.496 e. The van der Waals surface area contributed by atoms with Crippen molar-refractivity contribution in [2.24, 2.45) is 0 Å². The van der Waals surface area contributed by atoms with Crippen LogP contribution in [0.4, 0.5) is 0 Å². The summed E-state index contributed by atoms with van der Waals surface area (Å²) in [5.41, 5.74) is 1.05. The number of carbonyl (C=O) groups is 1. The van der Waals surface area contributed by atoms with Gasteiger partial charge in [0.15, 0.2) is 0 Å². The summed E-state index contributed by atoms with van der Waals surface area (Å²) in [5, 5.41) is 6.33. The fourth-order valence-electron chi connectivity index (χ4n) is 2.07. The number of hydrogen-bond donors (Lipinski definition) is 2. The summed E-state index contributed by atoms with van der Waals surface area (Å²) in [5.74, 6) is 3.04. The van der Waals surface area contributed by atoms with Gasteiger partial charge in [-0.15, -0.1) is 0 Å². The minimum absolute atomic E-state index is 0.0944. The van der Waals surface area contributed by atoms with Crippen LogP contribution >= 0.6 is 27.7 Å². The van der Waals surface area contributed by atoms with Gasteiger partial charge >= 0.3 is 0 Å². The van der Waals surface area contributed by atoms with E-state index in [1.807, 2.05) is 30.0 Å². The first kappa shape index (κ1) is 15.7. The Kier molecular flexibility index (Phi) is 6.19. The fraction of sp³-hybridized carbons (Fsp3) is 0.500. The lowest BCUT2D eigenvalue weighted by Crippen LogP contribution is -2.41. The number of halogens is 1. The summed E-state index contributed by atoms with van der Waals surface area (Å²) in [6.45, 7) is 1.54. The van der Waals surface area contributed by atoms with E-state index in [4.69, 9.17) is 4.74 Å². The van der Waals surface area contributed by atoms with Crippen LogP contribution in [-0.4, -0.2) is 37.1 Å². The molecule has 0 aromatic heterocycles. The fourth-order valence-corrected chi connectivity index (χ4v) is 3.60. The SMILES string of the molecule is COc1ccc(CNC(=O)CC2CSCCN2)cc1Br. The van der Waals surface area contributed by atoms with Crippen LogP contribution in [-0.2, 0) is 11.3 Å². The van der Waals surface area contributed by atoms with Crippen LogP contribution in [0.3, 0.4) is 0 Å². The molecular formula is C14H19BrN2O2S. The van der Waals surface area contributed by atoms with Gasteiger partial charge in [-0.2, -0.15) is 11.8 Å². The molecule has 6 heteroatoms. The van der Waals surface area contributed by atoms with Crippen molar-refractivity contribution < 1.29 is 9.53 Å². The molecule has 1 fully saturated rings. The molecule has 1 aromatic carbocycles. The number of amides is 1. The van der Waals surface area contributed by atoms with Gasteiger partial charge in [0.25, 0.3) is 0 Å². The smallest absolute Gasteiger partial charge is 0.221 e. The molecule has 1 saturated heterocycles. The second-order valence-electron chi connectivity index (χ2n) is 4.68. The van der Waals surface area contributed by atoms with Gasteiger partial charge in [-0.05, 0) is 33.6 Å². The molecular weight excluding hydrogens is 340 g/mol. The van der Waals surface area contributed by atoms with Gasteiger partial charge in [0.2, 0.25) is 5.91 Å². The molecule has 1 aliphatic heterocycles. The number of rotatable bonds is 5. The van der Waals surface area contributed by atoms with Gasteiger partial charge in [-0.1, -0.05) is 6.07 Å². The van der Waals surface area contributed by atoms with E-state index in [-0.39, 0.29) is 5.91 Å². The molecule has 1 heterocycles. The number of thioether (sulfide) groups is 1. The van der Waals surface area contributed by atoms with Gasteiger partial charge in [0, 0.05) is 37.1 Å². The van der Waals surface area contributed by atoms with Crippen molar-refractivity contribution >= 4 is 33.6 Å². The van der Waals surface area contributed by atoms with E-state index in [9.17, 15) is 4.79 Å². The monoisotopic (exact) mass is 358 g/mol. The van der Waals surface area contributed by atoms with E-state index < -0.39 is 0 Å². The predicted octanol–water partition coefficient (Wildman–Crippen LogP) is 2.17. The highest BCUT2D eigenvalue weighted by Crippen LogP contribution is 2.25. The normalized spacial score (nSPS) is 18.6. The van der Waals surface area contributed by atoms with Crippen molar-refractivity contribution in [1.82, 2.24) is 10.6 Å². The molecule has 20 heavy (non-hydrogen) atoms. The van der Waals surface area contributed by atoms with E-state index in [0.29, 0.717) is 19.0 Å². The van der Waals surface area contributed by atoms with E-state index in [0.717, 1.165) is 33.8 Å². The third kappa shape index (κ3) is 4.68. The second-order valence-corrected chi connectivity index (χ2v) is 6.68. The van der Waals surface area contributed by atoms with Crippen LogP contribution in [0.15, 0.2) is 22.7 Å². The molecule has 0 bridgehead atoms. The maximum Gasteiger partial charge on any atom is 0.221 e. The summed E-state index contributed by atoms with van der Waals surface area (Å²) in [6.07, 6.45) is 0.546. The van der Waals surface area contributed by atoms with Gasteiger partial charge in [-0.25, -0.2) is 0 Å². The molecule has 1 aromatic rings. The topological polar surface area (TPSA) is 50.4 Å². The van der Waals surface area contributed by atoms with Crippen molar-refractivity contribution in [3.05, 3.63) is 28.2 Å². The van der Waals surface area contributed by atoms with Gasteiger partial charge < -0.3 is 15.4 Å². The zero-order valence-corrected chi connectivity index (χ0v) is 13.9. The summed E-state index contributed by atoms with van der Waals surface area (Å²) < 4.78 is 6.08. The van der Waals surface area contributed by atoms with Crippen LogP contribution < -0.4 is 15.4 Å². The van der Waals surface area contributed by atoms with Crippen LogP contribution in [0.1, 0.15) is 12.0 Å². The highest BCUT2D eigenvalue weighted by Gasteiger charge is 2.16. The standard InChI is InChI=1S/C14H19BrN2O2S/c1-19-13-3-2-10(6-12(13)15)8-17-14(18)7-11-9-20-5-4-16-11/h2-3,6,11,16H,4-5,7-9H2,1H3,(H,17,18). The maximum absolute atomic E-state index is 11.9. The molecule has 0 radical (unpaired) electrons. The Bertz CT molecular complexity index is 464. The van der Waals surface area contributed by atoms with Crippen LogP contribution in [0.2, 0.25) is 0 Å². The first-order valence-electron chi connectivity index (χ1n) is 6.59. The zero-order valence-electron chi connectivity index (χ0n) is 11.4. The van der Waals surface area contributed by atoms with E-state index in [2.05, 4.69) is 26.6 Å². The number of carbonyl (C=O) groups excluding carboxylic acids is 1. The van der Waals surface area contributed by atoms with Crippen molar-refractivity contribution in [3.63, 3.8) is 0 Å². The minimum atomic E-state index is 0.0944. The molecule has 0 aliphatic carbocycles. The maximum atomic E-state index is 11.9. The van der Waals surface area contributed by atoms with Gasteiger partial charge in [-0.3, -0.25) is 4.79 Å². The number of nitrogens with one attached hydrogen (secondary N) is 2. The van der Waals surface area contributed by atoms with Crippen molar-refractivity contribution in [2.45, 2.75) is 19.0 Å². The first-order chi connectivity index (χ1) is 9.69. The number of benzene rings is 1. The summed E-state index contributed by atoms with van der Waals surface area (Å²) in [6, 6.07) is 6.12. The van der Waals surface area contributed by atoms with Crippen LogP contribution in [0.25, 0.3) is 0 Å². The molecule has 2 rings (SSSR count). The third-order valence-electron chi connectivity index (χ3n) is 3.14. The lowest BCUT2D eigenvalue weighted by molar-refractivity contribution is -0.121. The lowest BCUT2D eigenvalue weighted by Gasteiger charge is -2.22. The highest BCUT2D eigenvalue weighted by molar-refractivity contribution is 9.10. The van der Waals surface area contributed by atoms with Gasteiger partial charge in [0.05, 0.1) is 11.6 Å². The summed E-state index contributed by atoms with van der Waals surface area (Å²) in [7, 11) is 1.64. The molecule has 1 unspecified atom stereocenters. The highest BCUT2D eigenvalue weighted by atomic mass is 79.9. The Hall–Kier alpha value is -0.720. The minimum Gasteiger partial charge on any atom is -0.496 e. The zero-order chi connectivity index (χ0) is 14.4. The summed E-state index contributed by atoms with van der Waals surface area (Å²) >= 11 is 5.35. The quantitative estimate of drug-likeness (QED) is 0.846. The lowest BCUT2D eigenvalue weighted by atomic mass is 10.2. The van der Waals surface area contributed by atoms with Crippen LogP contribution in [0, 0.1) is 0 Å². The van der Waals surface area contributed by atoms with E-state index in [1.165, 1.54) is 0 Å². The molecule has 1 atom stereocenters. The first-order valence-corrected chi connectivity index (χ1v) is 8.54. The molecule has 4 nitrogen and oxygen atoms in total. The van der Waals surface area contributed by atoms with Gasteiger partial charge in [0.1, 0.15) is 5.75 Å². The second kappa shape index (κ2) is 7.90. The number of ether oxygens (including phenoxy) is 1. The Morgan fingerprint density at radius 2 is 2.45 bits per heavy atom. The molecule has 0 saturated carbocycles. The van der Waals surface area contributed by atoms with Crippen molar-refractivity contribution in [1.29, 1.82) is 0 Å². The van der Waals surface area contributed by atoms with E-state index >= 15 is 0 Å². The summed E-state index contributed by atoms with van der Waals surface area (Å²) in [4.78, 5) is 11.9.